The van der Waals surface area contributed by atoms with Crippen molar-refractivity contribution >= 4 is 115 Å². The van der Waals surface area contributed by atoms with Gasteiger partial charge in [-0.2, -0.15) is 10.5 Å². The van der Waals surface area contributed by atoms with Crippen molar-refractivity contribution in [3.05, 3.63) is 292 Å². The number of carbonyl (C=O) groups excluding carboxylic acids is 5. The summed E-state index contributed by atoms with van der Waals surface area (Å²) in [5.41, 5.74) is 41.8. The van der Waals surface area contributed by atoms with Crippen LogP contribution in [0.3, 0.4) is 0 Å². The highest BCUT2D eigenvalue weighted by Gasteiger charge is 2.54. The third-order valence-corrected chi connectivity index (χ3v) is 33.1. The second kappa shape index (κ2) is 41.5. The molecule has 34 heteroatoms. The molecule has 5 amide bonds. The predicted molar refractivity (Wildman–Crippen MR) is 571 cm³/mol. The molecule has 0 saturated heterocycles. The van der Waals surface area contributed by atoms with Crippen LogP contribution in [0.25, 0.3) is 32.6 Å². The summed E-state index contributed by atoms with van der Waals surface area (Å²) in [6.07, 6.45) is 19.7. The maximum absolute atomic E-state index is 13.5. The van der Waals surface area contributed by atoms with E-state index in [0.717, 1.165) is 89.3 Å². The average molecular weight is 2040 g/mol. The van der Waals surface area contributed by atoms with Crippen LogP contribution in [0.4, 0.5) is 0 Å². The number of aryl methyl sites for hydroxylation is 1. The number of ether oxygens (including phenoxy) is 4. The molecule has 0 spiro atoms. The van der Waals surface area contributed by atoms with E-state index in [4.69, 9.17) is 89.2 Å². The Kier molecular flexibility index (Phi) is 28.6. The van der Waals surface area contributed by atoms with Crippen LogP contribution < -0.4 is 47.6 Å². The van der Waals surface area contributed by atoms with Crippen LogP contribution in [0.15, 0.2) is 224 Å². The number of guanidine groups is 5. The van der Waals surface area contributed by atoms with Crippen LogP contribution in [0.1, 0.15) is 236 Å². The zero-order chi connectivity index (χ0) is 104. The van der Waals surface area contributed by atoms with E-state index in [2.05, 4.69) is 93.2 Å². The second-order valence-electron chi connectivity index (χ2n) is 39.2. The Morgan fingerprint density at radius 2 is 0.823 bits per heavy atom. The molecule has 3 fully saturated rings. The number of thiazole rings is 2. The smallest absolute Gasteiger partial charge is 0.239 e. The Morgan fingerprint density at radius 3 is 1.22 bits per heavy atom. The topological polar surface area (TPSA) is 430 Å². The number of halogens is 1. The molecule has 30 nitrogen and oxygen atoms in total. The highest BCUT2D eigenvalue weighted by Crippen LogP contribution is 2.54. The van der Waals surface area contributed by atoms with E-state index < -0.39 is 51.4 Å². The average Bonchev–Trinajstić information content (AvgIpc) is 1.73. The van der Waals surface area contributed by atoms with Gasteiger partial charge in [0.2, 0.25) is 43.1 Å². The minimum Gasteiger partial charge on any atom is -0.454 e. The molecule has 0 unspecified atom stereocenters. The number of rotatable bonds is 16. The second-order valence-corrected chi connectivity index (χ2v) is 42.5. The number of hydrogen-bond donors (Lipinski definition) is 5. The largest absolute Gasteiger partial charge is 0.454 e. The number of pyridine rings is 2. The van der Waals surface area contributed by atoms with E-state index in [-0.39, 0.29) is 72.9 Å². The van der Waals surface area contributed by atoms with Crippen molar-refractivity contribution in [3.63, 3.8) is 0 Å². The number of benzene rings is 7. The SMILES string of the molecule is CC#Cc1cncc(-c2csc([C@@]3(C)N=C(N)N(C)C(=O)[C@@H]3c3ccc4c(c3)OCO4)n2)c1.CC#Cc1cncc(-c2csc([C@@]3(C)N=C(N)N(C)C(=O)[C@H]3c3ccc4c(c3)OCO4)n2)c1.CN1C(=O)C[C@@](C)(c2ccc3sc(Cl)c(CCC4CC4)c3c2)N=C1N.CN1C(=O)[C@@H](c2ccc(C3CCC3)cc2)[C@@](C)(c2cccc(C#N)c2)N=C1N.CN1C(=O)[C@H](c2ccc(C3CCC3)cc2)[C@@](C)(c2cccc(C#N)c2)N=C1N. The lowest BCUT2D eigenvalue weighted by atomic mass is 9.73. The van der Waals surface area contributed by atoms with Gasteiger partial charge in [0.15, 0.2) is 52.8 Å². The molecule has 3 aliphatic carbocycles. The number of nitrogens with two attached hydrogens (primary N) is 5. The molecule has 3 saturated carbocycles. The molecular weight excluding hydrogens is 1930 g/mol. The van der Waals surface area contributed by atoms with Gasteiger partial charge in [-0.15, -0.1) is 45.9 Å². The van der Waals surface area contributed by atoms with Crippen LogP contribution in [-0.2, 0) is 58.1 Å². The first-order valence-electron chi connectivity index (χ1n) is 48.6. The van der Waals surface area contributed by atoms with Crippen molar-refractivity contribution in [1.29, 1.82) is 10.5 Å². The molecule has 0 radical (unpaired) electrons. The lowest BCUT2D eigenvalue weighted by molar-refractivity contribution is -0.131. The van der Waals surface area contributed by atoms with Crippen molar-refractivity contribution in [2.45, 2.75) is 182 Å². The van der Waals surface area contributed by atoms with Crippen molar-refractivity contribution in [2.75, 3.05) is 48.8 Å². The molecule has 5 aromatic heterocycles. The predicted octanol–water partition coefficient (Wildman–Crippen LogP) is 17.7. The van der Waals surface area contributed by atoms with Gasteiger partial charge in [0.25, 0.3) is 0 Å². The first-order chi connectivity index (χ1) is 70.5. The molecule has 12 aromatic rings. The van der Waals surface area contributed by atoms with Crippen molar-refractivity contribution in [2.24, 2.45) is 59.5 Å². The summed E-state index contributed by atoms with van der Waals surface area (Å²) in [5, 5.41) is 25.0. The number of nitriles is 2. The van der Waals surface area contributed by atoms with E-state index >= 15 is 0 Å². The Balaban J connectivity index is 0.000000121. The van der Waals surface area contributed by atoms with Gasteiger partial charge < -0.3 is 47.6 Å². The lowest BCUT2D eigenvalue weighted by Crippen LogP contribution is -2.52. The lowest BCUT2D eigenvalue weighted by Gasteiger charge is -2.41. The summed E-state index contributed by atoms with van der Waals surface area (Å²) in [7, 11) is 8.23. The molecular formula is C113H112ClN21O9S3. The number of likely N-dealkylation sites (N-methyl/N-ethyl adjacent to an activating group) is 4. The number of thiophene rings is 1. The Bertz CT molecular complexity index is 7250. The van der Waals surface area contributed by atoms with Gasteiger partial charge in [-0.1, -0.05) is 140 Å². The van der Waals surface area contributed by atoms with E-state index in [0.29, 0.717) is 62.4 Å². The Labute approximate surface area is 870 Å². The highest BCUT2D eigenvalue weighted by molar-refractivity contribution is 7.23. The maximum atomic E-state index is 13.5. The van der Waals surface area contributed by atoms with Crippen LogP contribution in [0, 0.1) is 52.3 Å². The summed E-state index contributed by atoms with van der Waals surface area (Å²) >= 11 is 11.0. The summed E-state index contributed by atoms with van der Waals surface area (Å²) in [6.45, 7) is 13.5. The molecule has 748 valence electrons. The fraction of sp³-hybridized carbons (Fsp3) is 0.327. The van der Waals surface area contributed by atoms with Gasteiger partial charge in [0.1, 0.15) is 32.2 Å². The highest BCUT2D eigenvalue weighted by atomic mass is 35.5. The van der Waals surface area contributed by atoms with Crippen LogP contribution in [-0.4, -0.2) is 153 Å². The molecule has 22 rings (SSSR count). The third-order valence-electron chi connectivity index (χ3n) is 29.5. The number of nitrogens with zero attached hydrogens (tertiary/aromatic N) is 16. The molecule has 10 N–H and O–H groups in total. The number of aromatic nitrogens is 4. The van der Waals surface area contributed by atoms with Gasteiger partial charge in [0.05, 0.1) is 74.6 Å². The van der Waals surface area contributed by atoms with Gasteiger partial charge >= 0.3 is 0 Å². The van der Waals surface area contributed by atoms with E-state index in [1.54, 1.807) is 109 Å². The minimum absolute atomic E-state index is 0.00703. The summed E-state index contributed by atoms with van der Waals surface area (Å²) < 4.78 is 24.0. The third kappa shape index (κ3) is 20.0. The van der Waals surface area contributed by atoms with Crippen LogP contribution >= 0.6 is 45.6 Å². The van der Waals surface area contributed by atoms with Crippen molar-refractivity contribution in [1.82, 2.24) is 44.4 Å². The van der Waals surface area contributed by atoms with Gasteiger partial charge in [-0.05, 0) is 239 Å². The summed E-state index contributed by atoms with van der Waals surface area (Å²) in [5.74, 6) is 14.6. The molecule has 9 atom stereocenters. The summed E-state index contributed by atoms with van der Waals surface area (Å²) in [6, 6.07) is 56.9. The normalized spacial score (nSPS) is 23.2. The summed E-state index contributed by atoms with van der Waals surface area (Å²) in [4.78, 5) is 115. The van der Waals surface area contributed by atoms with Gasteiger partial charge in [0, 0.05) is 97.7 Å². The molecule has 147 heavy (non-hydrogen) atoms. The maximum Gasteiger partial charge on any atom is 0.239 e. The quantitative estimate of drug-likeness (QED) is 0.0561. The zero-order valence-corrected chi connectivity index (χ0v) is 86.8. The first-order valence-corrected chi connectivity index (χ1v) is 51.5. The van der Waals surface area contributed by atoms with Crippen LogP contribution in [0.2, 0.25) is 4.34 Å². The fourth-order valence-corrected chi connectivity index (χ4v) is 23.5. The van der Waals surface area contributed by atoms with Gasteiger partial charge in [-0.3, -0.25) is 58.4 Å². The van der Waals surface area contributed by atoms with Crippen molar-refractivity contribution in [3.8, 4) is 81.3 Å². The van der Waals surface area contributed by atoms with Crippen molar-refractivity contribution < 1.29 is 42.9 Å². The molecule has 12 heterocycles. The number of hydrogen-bond acceptors (Lipinski definition) is 28. The first kappa shape index (κ1) is 101. The van der Waals surface area contributed by atoms with E-state index in [9.17, 15) is 34.5 Å². The number of amides is 5. The fourth-order valence-electron chi connectivity index (χ4n) is 20.1. The zero-order valence-electron chi connectivity index (χ0n) is 83.6. The Hall–Kier alpha value is -15.7. The monoisotopic (exact) mass is 2040 g/mol. The minimum atomic E-state index is -1.00. The van der Waals surface area contributed by atoms with E-state index in [1.165, 1.54) is 132 Å². The number of aliphatic imine (C=N–C) groups is 5. The standard InChI is InChI=1S/2C24H21N5O3S.2C23H24N4O.C19H22ClN3OS/c2*1-4-5-14-8-16(11-26-10-14)17-12-33-22(27-17)24(2)20(21(30)29(3)23(25)28-24)15-6-7-18-19(9-15)32-13-31-18;2*1-23(19-8-3-5-15(13-19)14-24)20(21(28)27(2)22(25)26-23)18-11-9-17(10-12-18)16-6-4-7-16;1-19(10-16(24)23(2)18(21)22-19)12-6-8-15-14(9-12)13(17(20)25-15)7-5-11-3-4-11/h2*6-12,20H,13H2,1-3H3,(H2,25,28);2*3,5,8-13,16,20H,4,6-7H2,1-2H3,(H2,25,26);6,8-9,11H,3-5,7,10H2,1-2H3,(H2,21,22)/t20-,24+;20-,24-;20-,23+;20-,23-;19-/m10010/s1. The molecule has 10 aliphatic rings. The van der Waals surface area contributed by atoms with Gasteiger partial charge in [-0.25, -0.2) is 34.9 Å². The molecule has 0 bridgehead atoms. The molecule has 7 aliphatic heterocycles. The van der Waals surface area contributed by atoms with E-state index in [1.807, 2.05) is 142 Å². The Morgan fingerprint density at radius 1 is 0.429 bits per heavy atom. The molecule has 7 aromatic carbocycles. The van der Waals surface area contributed by atoms with Crippen LogP contribution in [0.5, 0.6) is 23.0 Å². The number of fused-ring (bicyclic) bond motifs is 3. The number of carbonyl (C=O) groups is 5.